The zero-order valence-corrected chi connectivity index (χ0v) is 15.9. The van der Waals surface area contributed by atoms with Gasteiger partial charge in [-0.3, -0.25) is 10.2 Å². The fourth-order valence-electron chi connectivity index (χ4n) is 3.44. The molecule has 0 fully saturated rings. The number of methoxy groups -OCH3 is 3. The third-order valence-electron chi connectivity index (χ3n) is 4.27. The van der Waals surface area contributed by atoms with Crippen molar-refractivity contribution >= 4 is 5.91 Å². The second-order valence-corrected chi connectivity index (χ2v) is 7.16. The van der Waals surface area contributed by atoms with E-state index < -0.39 is 0 Å². The van der Waals surface area contributed by atoms with Gasteiger partial charge in [0.25, 0.3) is 5.91 Å². The summed E-state index contributed by atoms with van der Waals surface area (Å²) in [4.78, 5) is 12.5. The first-order chi connectivity index (χ1) is 11.8. The summed E-state index contributed by atoms with van der Waals surface area (Å²) in [6, 6.07) is 3.25. The van der Waals surface area contributed by atoms with Crippen molar-refractivity contribution in [3.8, 4) is 17.2 Å². The number of hydrogen-bond donors (Lipinski definition) is 2. The second-order valence-electron chi connectivity index (χ2n) is 7.16. The molecular formula is C19H28N2O4. The van der Waals surface area contributed by atoms with Crippen LogP contribution in [-0.4, -0.2) is 27.2 Å². The van der Waals surface area contributed by atoms with Crippen LogP contribution in [0.5, 0.6) is 17.2 Å². The molecular weight excluding hydrogens is 320 g/mol. The van der Waals surface area contributed by atoms with E-state index in [0.29, 0.717) is 28.7 Å². The topological polar surface area (TPSA) is 68.8 Å². The van der Waals surface area contributed by atoms with Crippen LogP contribution >= 0.6 is 0 Å². The van der Waals surface area contributed by atoms with Gasteiger partial charge in [0.15, 0.2) is 11.5 Å². The maximum absolute atomic E-state index is 12.5. The highest BCUT2D eigenvalue weighted by molar-refractivity contribution is 5.95. The molecule has 0 aromatic heterocycles. The van der Waals surface area contributed by atoms with Gasteiger partial charge in [0.05, 0.1) is 21.3 Å². The Morgan fingerprint density at radius 3 is 2.20 bits per heavy atom. The summed E-state index contributed by atoms with van der Waals surface area (Å²) >= 11 is 0. The fourth-order valence-corrected chi connectivity index (χ4v) is 3.44. The summed E-state index contributed by atoms with van der Waals surface area (Å²) in [7, 11) is 4.57. The minimum atomic E-state index is -0.267. The molecule has 6 heteroatoms. The number of amides is 1. The molecule has 1 aliphatic rings. The maximum Gasteiger partial charge on any atom is 0.269 e. The van der Waals surface area contributed by atoms with Crippen LogP contribution in [-0.2, 0) is 0 Å². The molecule has 0 spiro atoms. The van der Waals surface area contributed by atoms with Gasteiger partial charge in [0.2, 0.25) is 5.75 Å². The van der Waals surface area contributed by atoms with Gasteiger partial charge in [-0.05, 0) is 36.3 Å². The largest absolute Gasteiger partial charge is 0.493 e. The molecule has 0 saturated carbocycles. The zero-order valence-electron chi connectivity index (χ0n) is 15.9. The van der Waals surface area contributed by atoms with Gasteiger partial charge < -0.3 is 19.6 Å². The van der Waals surface area contributed by atoms with Crippen molar-refractivity contribution in [1.29, 1.82) is 0 Å². The summed E-state index contributed by atoms with van der Waals surface area (Å²) in [5, 5.41) is 0. The van der Waals surface area contributed by atoms with E-state index >= 15 is 0 Å². The van der Waals surface area contributed by atoms with Gasteiger partial charge in [0, 0.05) is 11.3 Å². The predicted octanol–water partition coefficient (Wildman–Crippen LogP) is 3.29. The molecule has 0 heterocycles. The molecule has 0 unspecified atom stereocenters. The molecule has 0 aliphatic heterocycles. The SMILES string of the molecule is COc1cc(C(=O)NNC2=CC(C)(C)C[C@H](C)C2)cc(OC)c1OC. The molecule has 0 radical (unpaired) electrons. The van der Waals surface area contributed by atoms with Crippen molar-refractivity contribution in [3.63, 3.8) is 0 Å². The van der Waals surface area contributed by atoms with E-state index in [1.165, 1.54) is 21.3 Å². The zero-order chi connectivity index (χ0) is 18.6. The molecule has 25 heavy (non-hydrogen) atoms. The van der Waals surface area contributed by atoms with E-state index in [-0.39, 0.29) is 11.3 Å². The van der Waals surface area contributed by atoms with Gasteiger partial charge in [-0.15, -0.1) is 0 Å². The number of hydrogen-bond acceptors (Lipinski definition) is 5. The van der Waals surface area contributed by atoms with Crippen molar-refractivity contribution in [3.05, 3.63) is 29.5 Å². The van der Waals surface area contributed by atoms with Crippen molar-refractivity contribution in [1.82, 2.24) is 10.9 Å². The molecule has 1 aromatic rings. The Kier molecular flexibility index (Phi) is 5.82. The van der Waals surface area contributed by atoms with Crippen molar-refractivity contribution < 1.29 is 19.0 Å². The van der Waals surface area contributed by atoms with E-state index in [0.717, 1.165) is 18.5 Å². The van der Waals surface area contributed by atoms with Gasteiger partial charge in [-0.2, -0.15) is 0 Å². The van der Waals surface area contributed by atoms with Crippen LogP contribution in [0.2, 0.25) is 0 Å². The first-order valence-electron chi connectivity index (χ1n) is 8.37. The number of hydrazine groups is 1. The van der Waals surface area contributed by atoms with Crippen LogP contribution in [0.1, 0.15) is 44.0 Å². The number of benzene rings is 1. The van der Waals surface area contributed by atoms with Crippen LogP contribution in [0.3, 0.4) is 0 Å². The van der Waals surface area contributed by atoms with Gasteiger partial charge in [0.1, 0.15) is 0 Å². The first kappa shape index (κ1) is 19.0. The first-order valence-corrected chi connectivity index (χ1v) is 8.37. The summed E-state index contributed by atoms with van der Waals surface area (Å²) in [6.45, 7) is 6.62. The molecule has 2 rings (SSSR count). The van der Waals surface area contributed by atoms with E-state index in [4.69, 9.17) is 14.2 Å². The highest BCUT2D eigenvalue weighted by Gasteiger charge is 2.25. The number of nitrogens with one attached hydrogen (secondary N) is 2. The Labute approximate surface area is 149 Å². The lowest BCUT2D eigenvalue weighted by molar-refractivity contribution is 0.0935. The Morgan fingerprint density at radius 1 is 1.12 bits per heavy atom. The average molecular weight is 348 g/mol. The summed E-state index contributed by atoms with van der Waals surface area (Å²) in [5.41, 5.74) is 7.39. The molecule has 0 bridgehead atoms. The minimum Gasteiger partial charge on any atom is -0.493 e. The monoisotopic (exact) mass is 348 g/mol. The second kappa shape index (κ2) is 7.68. The quantitative estimate of drug-likeness (QED) is 0.772. The summed E-state index contributed by atoms with van der Waals surface area (Å²) in [5.74, 6) is 1.65. The highest BCUT2D eigenvalue weighted by atomic mass is 16.5. The van der Waals surface area contributed by atoms with Crippen LogP contribution < -0.4 is 25.1 Å². The Bertz CT molecular complexity index is 642. The van der Waals surface area contributed by atoms with E-state index in [2.05, 4.69) is 37.7 Å². The molecule has 6 nitrogen and oxygen atoms in total. The molecule has 1 amide bonds. The van der Waals surface area contributed by atoms with E-state index in [1.807, 2.05) is 0 Å². The molecule has 2 N–H and O–H groups in total. The Morgan fingerprint density at radius 2 is 1.72 bits per heavy atom. The summed E-state index contributed by atoms with van der Waals surface area (Å²) in [6.07, 6.45) is 4.24. The van der Waals surface area contributed by atoms with Gasteiger partial charge >= 0.3 is 0 Å². The lowest BCUT2D eigenvalue weighted by Crippen LogP contribution is -2.39. The average Bonchev–Trinajstić information content (AvgIpc) is 2.56. The number of carbonyl (C=O) groups excluding carboxylic acids is 1. The Balaban J connectivity index is 2.15. The van der Waals surface area contributed by atoms with Crippen LogP contribution in [0.25, 0.3) is 0 Å². The molecule has 0 saturated heterocycles. The minimum absolute atomic E-state index is 0.122. The van der Waals surface area contributed by atoms with Crippen LogP contribution in [0.4, 0.5) is 0 Å². The third-order valence-corrected chi connectivity index (χ3v) is 4.27. The summed E-state index contributed by atoms with van der Waals surface area (Å²) < 4.78 is 15.9. The van der Waals surface area contributed by atoms with E-state index in [9.17, 15) is 4.79 Å². The number of rotatable bonds is 6. The van der Waals surface area contributed by atoms with E-state index in [1.54, 1.807) is 12.1 Å². The number of allylic oxidation sites excluding steroid dienone is 2. The number of carbonyl (C=O) groups is 1. The lowest BCUT2D eigenvalue weighted by Gasteiger charge is -2.32. The lowest BCUT2D eigenvalue weighted by atomic mass is 9.76. The maximum atomic E-state index is 12.5. The normalized spacial score (nSPS) is 18.8. The number of ether oxygens (including phenoxy) is 3. The molecule has 1 aromatic carbocycles. The van der Waals surface area contributed by atoms with Crippen LogP contribution in [0.15, 0.2) is 23.9 Å². The third kappa shape index (κ3) is 4.59. The smallest absolute Gasteiger partial charge is 0.269 e. The standard InChI is InChI=1S/C19H28N2O4/c1-12-7-14(11-19(2,3)10-12)20-21-18(22)13-8-15(23-4)17(25-6)16(9-13)24-5/h8-9,11-12,20H,7,10H2,1-6H3,(H,21,22)/t12-/m1/s1. The molecule has 1 atom stereocenters. The van der Waals surface area contributed by atoms with Crippen molar-refractivity contribution in [2.45, 2.75) is 33.6 Å². The van der Waals surface area contributed by atoms with Gasteiger partial charge in [-0.25, -0.2) is 0 Å². The van der Waals surface area contributed by atoms with Crippen molar-refractivity contribution in [2.75, 3.05) is 21.3 Å². The Hall–Kier alpha value is -2.37. The fraction of sp³-hybridized carbons (Fsp3) is 0.526. The highest BCUT2D eigenvalue weighted by Crippen LogP contribution is 2.38. The predicted molar refractivity (Wildman–Crippen MR) is 97.0 cm³/mol. The van der Waals surface area contributed by atoms with Gasteiger partial charge in [-0.1, -0.05) is 26.8 Å². The molecule has 138 valence electrons. The van der Waals surface area contributed by atoms with Crippen molar-refractivity contribution in [2.24, 2.45) is 11.3 Å². The van der Waals surface area contributed by atoms with Crippen LogP contribution in [0, 0.1) is 11.3 Å². The molecule has 1 aliphatic carbocycles.